The Morgan fingerprint density at radius 2 is 1.67 bits per heavy atom. The SMILES string of the molecule is O=C(CC(=O)Nc1ccc2cn[nH]c2c1)Nc1ccc(Cl)c(C(F)(F)F)c1. The van der Waals surface area contributed by atoms with Crippen molar-refractivity contribution in [3.63, 3.8) is 0 Å². The minimum Gasteiger partial charge on any atom is -0.326 e. The zero-order valence-electron chi connectivity index (χ0n) is 13.5. The Morgan fingerprint density at radius 3 is 2.33 bits per heavy atom. The summed E-state index contributed by atoms with van der Waals surface area (Å²) in [6.07, 6.45) is -3.60. The van der Waals surface area contributed by atoms with Gasteiger partial charge >= 0.3 is 6.18 Å². The van der Waals surface area contributed by atoms with E-state index in [1.54, 1.807) is 24.4 Å². The first-order valence-corrected chi connectivity index (χ1v) is 8.00. The van der Waals surface area contributed by atoms with Crippen LogP contribution in [-0.2, 0) is 15.8 Å². The fraction of sp³-hybridized carbons (Fsp3) is 0.118. The molecular formula is C17H12ClF3N4O2. The fourth-order valence-electron chi connectivity index (χ4n) is 2.39. The summed E-state index contributed by atoms with van der Waals surface area (Å²) in [7, 11) is 0. The number of carbonyl (C=O) groups excluding carboxylic acids is 2. The first-order valence-electron chi connectivity index (χ1n) is 7.62. The van der Waals surface area contributed by atoms with Crippen molar-refractivity contribution in [2.75, 3.05) is 10.6 Å². The lowest BCUT2D eigenvalue weighted by atomic mass is 10.2. The normalized spacial score (nSPS) is 11.4. The molecule has 0 saturated heterocycles. The van der Waals surface area contributed by atoms with Crippen molar-refractivity contribution in [3.8, 4) is 0 Å². The molecule has 3 rings (SSSR count). The minimum absolute atomic E-state index is 0.108. The third-order valence-corrected chi connectivity index (χ3v) is 3.93. The summed E-state index contributed by atoms with van der Waals surface area (Å²) in [5.41, 5.74) is -0.0174. The Labute approximate surface area is 155 Å². The Bertz CT molecular complexity index is 1020. The van der Waals surface area contributed by atoms with Gasteiger partial charge in [0.1, 0.15) is 6.42 Å². The number of carbonyl (C=O) groups is 2. The summed E-state index contributed by atoms with van der Waals surface area (Å²) in [6.45, 7) is 0. The van der Waals surface area contributed by atoms with E-state index in [1.807, 2.05) is 0 Å². The van der Waals surface area contributed by atoms with Crippen molar-refractivity contribution in [1.82, 2.24) is 10.2 Å². The average molecular weight is 397 g/mol. The smallest absolute Gasteiger partial charge is 0.326 e. The number of hydrogen-bond acceptors (Lipinski definition) is 3. The number of nitrogens with zero attached hydrogens (tertiary/aromatic N) is 1. The highest BCUT2D eigenvalue weighted by Gasteiger charge is 2.33. The standard InChI is InChI=1S/C17H12ClF3N4O2/c18-13-4-3-10(5-12(13)17(19,20)21)23-15(26)7-16(27)24-11-2-1-9-8-22-25-14(9)6-11/h1-6,8H,7H2,(H,22,25)(H,23,26)(H,24,27). The van der Waals surface area contributed by atoms with E-state index in [4.69, 9.17) is 11.6 Å². The molecule has 3 N–H and O–H groups in total. The maximum Gasteiger partial charge on any atom is 0.417 e. The Kier molecular flexibility index (Phi) is 5.04. The van der Waals surface area contributed by atoms with Gasteiger partial charge in [-0.1, -0.05) is 11.6 Å². The number of rotatable bonds is 4. The van der Waals surface area contributed by atoms with E-state index in [2.05, 4.69) is 20.8 Å². The molecule has 3 aromatic rings. The van der Waals surface area contributed by atoms with E-state index in [0.717, 1.165) is 11.5 Å². The zero-order valence-corrected chi connectivity index (χ0v) is 14.3. The summed E-state index contributed by atoms with van der Waals surface area (Å²) >= 11 is 5.52. The molecule has 2 aromatic carbocycles. The van der Waals surface area contributed by atoms with Crippen LogP contribution in [0.3, 0.4) is 0 Å². The monoisotopic (exact) mass is 396 g/mol. The summed E-state index contributed by atoms with van der Waals surface area (Å²) in [6, 6.07) is 7.99. The minimum atomic E-state index is -4.65. The second-order valence-corrected chi connectivity index (χ2v) is 6.04. The van der Waals surface area contributed by atoms with Gasteiger partial charge in [0.2, 0.25) is 11.8 Å². The second-order valence-electron chi connectivity index (χ2n) is 5.64. The van der Waals surface area contributed by atoms with Crippen LogP contribution in [0, 0.1) is 0 Å². The van der Waals surface area contributed by atoms with Gasteiger partial charge in [-0.2, -0.15) is 18.3 Å². The molecule has 0 aliphatic carbocycles. The lowest BCUT2D eigenvalue weighted by Gasteiger charge is -2.12. The van der Waals surface area contributed by atoms with Gasteiger partial charge in [0.05, 0.1) is 22.3 Å². The molecule has 140 valence electrons. The maximum atomic E-state index is 12.8. The summed E-state index contributed by atoms with van der Waals surface area (Å²) in [5.74, 6) is -1.37. The predicted octanol–water partition coefficient (Wildman–Crippen LogP) is 4.20. The summed E-state index contributed by atoms with van der Waals surface area (Å²) < 4.78 is 38.5. The number of amides is 2. The number of hydrogen-bond donors (Lipinski definition) is 3. The molecule has 0 aliphatic rings. The number of anilines is 2. The van der Waals surface area contributed by atoms with E-state index in [9.17, 15) is 22.8 Å². The molecule has 1 heterocycles. The zero-order chi connectivity index (χ0) is 19.6. The van der Waals surface area contributed by atoms with Crippen LogP contribution in [0.5, 0.6) is 0 Å². The molecule has 0 radical (unpaired) electrons. The first kappa shape index (κ1) is 18.7. The van der Waals surface area contributed by atoms with Gasteiger partial charge in [-0.15, -0.1) is 0 Å². The molecule has 0 atom stereocenters. The molecular weight excluding hydrogens is 385 g/mol. The highest BCUT2D eigenvalue weighted by atomic mass is 35.5. The fourth-order valence-corrected chi connectivity index (χ4v) is 2.62. The van der Waals surface area contributed by atoms with Crippen LogP contribution in [0.4, 0.5) is 24.5 Å². The van der Waals surface area contributed by atoms with Crippen LogP contribution < -0.4 is 10.6 Å². The molecule has 10 heteroatoms. The van der Waals surface area contributed by atoms with Gasteiger partial charge in [0, 0.05) is 16.8 Å². The van der Waals surface area contributed by atoms with Gasteiger partial charge in [0.15, 0.2) is 0 Å². The molecule has 0 aliphatic heterocycles. The van der Waals surface area contributed by atoms with E-state index >= 15 is 0 Å². The lowest BCUT2D eigenvalue weighted by molar-refractivity contribution is -0.137. The van der Waals surface area contributed by atoms with Crippen molar-refractivity contribution in [3.05, 3.63) is 53.2 Å². The van der Waals surface area contributed by atoms with E-state index in [0.29, 0.717) is 17.3 Å². The van der Waals surface area contributed by atoms with Crippen LogP contribution in [-0.4, -0.2) is 22.0 Å². The molecule has 0 bridgehead atoms. The van der Waals surface area contributed by atoms with E-state index in [1.165, 1.54) is 6.07 Å². The number of fused-ring (bicyclic) bond motifs is 1. The number of aromatic amines is 1. The number of halogens is 4. The number of aromatic nitrogens is 2. The largest absolute Gasteiger partial charge is 0.417 e. The molecule has 0 fully saturated rings. The highest BCUT2D eigenvalue weighted by molar-refractivity contribution is 6.31. The van der Waals surface area contributed by atoms with Crippen LogP contribution in [0.15, 0.2) is 42.6 Å². The third-order valence-electron chi connectivity index (χ3n) is 3.60. The first-order chi connectivity index (χ1) is 12.7. The highest BCUT2D eigenvalue weighted by Crippen LogP contribution is 2.36. The Hall–Kier alpha value is -3.07. The number of alkyl halides is 3. The van der Waals surface area contributed by atoms with Crippen LogP contribution in [0.2, 0.25) is 5.02 Å². The maximum absolute atomic E-state index is 12.8. The van der Waals surface area contributed by atoms with Crippen molar-refractivity contribution in [2.24, 2.45) is 0 Å². The average Bonchev–Trinajstić information content (AvgIpc) is 3.03. The topological polar surface area (TPSA) is 86.9 Å². The van der Waals surface area contributed by atoms with Crippen LogP contribution in [0.25, 0.3) is 10.9 Å². The van der Waals surface area contributed by atoms with Gasteiger partial charge in [-0.25, -0.2) is 0 Å². The summed E-state index contributed by atoms with van der Waals surface area (Å²) in [4.78, 5) is 23.9. The van der Waals surface area contributed by atoms with Gasteiger partial charge in [0.25, 0.3) is 0 Å². The quantitative estimate of drug-likeness (QED) is 0.577. The van der Waals surface area contributed by atoms with Crippen LogP contribution in [0.1, 0.15) is 12.0 Å². The number of benzene rings is 2. The molecule has 6 nitrogen and oxygen atoms in total. The second kappa shape index (κ2) is 7.28. The lowest BCUT2D eigenvalue weighted by Crippen LogP contribution is -2.21. The molecule has 27 heavy (non-hydrogen) atoms. The van der Waals surface area contributed by atoms with Gasteiger partial charge in [-0.3, -0.25) is 14.7 Å². The number of nitrogens with one attached hydrogen (secondary N) is 3. The van der Waals surface area contributed by atoms with E-state index in [-0.39, 0.29) is 5.69 Å². The Morgan fingerprint density at radius 1 is 1.04 bits per heavy atom. The number of H-pyrrole nitrogens is 1. The van der Waals surface area contributed by atoms with Crippen molar-refractivity contribution in [1.29, 1.82) is 0 Å². The Balaban J connectivity index is 1.62. The molecule has 0 saturated carbocycles. The third kappa shape index (κ3) is 4.56. The predicted molar refractivity (Wildman–Crippen MR) is 94.4 cm³/mol. The van der Waals surface area contributed by atoms with Gasteiger partial charge in [-0.05, 0) is 36.4 Å². The van der Waals surface area contributed by atoms with Crippen molar-refractivity contribution < 1.29 is 22.8 Å². The van der Waals surface area contributed by atoms with Crippen LogP contribution >= 0.6 is 11.6 Å². The molecule has 2 amide bonds. The molecule has 0 unspecified atom stereocenters. The molecule has 1 aromatic heterocycles. The molecule has 0 spiro atoms. The van der Waals surface area contributed by atoms with E-state index < -0.39 is 35.0 Å². The van der Waals surface area contributed by atoms with Gasteiger partial charge < -0.3 is 10.6 Å². The van der Waals surface area contributed by atoms with Crippen molar-refractivity contribution in [2.45, 2.75) is 12.6 Å². The summed E-state index contributed by atoms with van der Waals surface area (Å²) in [5, 5.41) is 11.8. The van der Waals surface area contributed by atoms with Crippen molar-refractivity contribution >= 4 is 45.7 Å².